The van der Waals surface area contributed by atoms with Crippen molar-refractivity contribution >= 4 is 6.08 Å². The van der Waals surface area contributed by atoms with Gasteiger partial charge in [0.1, 0.15) is 11.9 Å². The van der Waals surface area contributed by atoms with Crippen LogP contribution in [0.5, 0.6) is 0 Å². The molecule has 0 saturated carbocycles. The summed E-state index contributed by atoms with van der Waals surface area (Å²) in [5.41, 5.74) is 4.23. The topological polar surface area (TPSA) is 52.0 Å². The maximum atomic E-state index is 15.2. The fourth-order valence-corrected chi connectivity index (χ4v) is 5.79. The Hall–Kier alpha value is -3.73. The van der Waals surface area contributed by atoms with Crippen LogP contribution in [0.4, 0.5) is 4.39 Å². The number of halogens is 1. The van der Waals surface area contributed by atoms with Gasteiger partial charge in [0.15, 0.2) is 6.04 Å². The summed E-state index contributed by atoms with van der Waals surface area (Å²) < 4.78 is 15.2. The molecule has 2 aliphatic heterocycles. The molecule has 156 valence electrons. The molecule has 0 aromatic heterocycles. The first kappa shape index (κ1) is 20.2. The number of hydrogen-bond acceptors (Lipinski definition) is 2. The molecule has 0 aliphatic carbocycles. The maximum Gasteiger partial charge on any atom is 0.212 e. The Morgan fingerprint density at radius 1 is 0.875 bits per heavy atom. The number of quaternary nitrogens is 1. The van der Waals surface area contributed by atoms with Crippen molar-refractivity contribution < 1.29 is 9.29 Å². The summed E-state index contributed by atoms with van der Waals surface area (Å²) in [7, 11) is 0. The number of benzene rings is 3. The second-order valence-corrected chi connectivity index (χ2v) is 8.82. The van der Waals surface area contributed by atoms with E-state index in [9.17, 15) is 10.5 Å². The van der Waals surface area contributed by atoms with Gasteiger partial charge in [-0.05, 0) is 37.1 Å². The molecule has 1 saturated heterocycles. The van der Waals surface area contributed by atoms with Crippen molar-refractivity contribution in [3.05, 3.63) is 112 Å². The highest BCUT2D eigenvalue weighted by atomic mass is 19.1. The smallest absolute Gasteiger partial charge is 0.212 e. The first-order chi connectivity index (χ1) is 15.5. The molecule has 3 nitrogen and oxygen atoms in total. The third-order valence-electron chi connectivity index (χ3n) is 7.10. The van der Waals surface area contributed by atoms with E-state index >= 15 is 4.39 Å². The summed E-state index contributed by atoms with van der Waals surface area (Å²) in [5, 5.41) is 21.1. The van der Waals surface area contributed by atoms with Crippen molar-refractivity contribution in [2.45, 2.75) is 31.8 Å². The van der Waals surface area contributed by atoms with E-state index in [4.69, 9.17) is 0 Å². The van der Waals surface area contributed by atoms with Crippen LogP contribution in [0.1, 0.15) is 51.4 Å². The van der Waals surface area contributed by atoms with Crippen molar-refractivity contribution in [1.29, 1.82) is 10.5 Å². The Balaban J connectivity index is 1.85. The van der Waals surface area contributed by atoms with Crippen molar-refractivity contribution in [1.82, 2.24) is 0 Å². The van der Waals surface area contributed by atoms with Gasteiger partial charge in [0.25, 0.3) is 0 Å². The van der Waals surface area contributed by atoms with Crippen LogP contribution < -0.4 is 4.90 Å². The highest BCUT2D eigenvalue weighted by Crippen LogP contribution is 2.56. The van der Waals surface area contributed by atoms with E-state index < -0.39 is 17.4 Å². The largest absolute Gasteiger partial charge is 0.293 e. The summed E-state index contributed by atoms with van der Waals surface area (Å²) in [6.45, 7) is 4.09. The van der Waals surface area contributed by atoms with Gasteiger partial charge in [-0.1, -0.05) is 66.2 Å². The molecular weight excluding hydrogens is 397 g/mol. The van der Waals surface area contributed by atoms with Crippen LogP contribution in [0.25, 0.3) is 6.08 Å². The minimum absolute atomic E-state index is 0.276. The standard InChI is InChI=1S/C28H22FN3/c1-18-11-12-21(19(2)15-18)26-25(23-9-5-6-10-24(23)29)28(16-30,17-31)27-22-8-4-3-7-20(22)13-14-32(26)27/h3-15,25-27H,1-2H3/p+1/t25-,26-,27-/m0/s1. The molecule has 2 aliphatic rings. The average molecular weight is 421 g/mol. The molecule has 0 bridgehead atoms. The quantitative estimate of drug-likeness (QED) is 0.639. The van der Waals surface area contributed by atoms with E-state index in [1.165, 1.54) is 6.07 Å². The van der Waals surface area contributed by atoms with Crippen LogP contribution in [0.15, 0.2) is 72.9 Å². The zero-order valence-electron chi connectivity index (χ0n) is 18.0. The molecule has 0 radical (unpaired) electrons. The van der Waals surface area contributed by atoms with Crippen LogP contribution in [-0.4, -0.2) is 0 Å². The highest BCUT2D eigenvalue weighted by molar-refractivity contribution is 5.58. The third-order valence-corrected chi connectivity index (χ3v) is 7.10. The molecule has 2 heterocycles. The zero-order valence-corrected chi connectivity index (χ0v) is 18.0. The first-order valence-corrected chi connectivity index (χ1v) is 10.8. The second kappa shape index (κ2) is 7.45. The summed E-state index contributed by atoms with van der Waals surface area (Å²) >= 11 is 0. The summed E-state index contributed by atoms with van der Waals surface area (Å²) in [6, 6.07) is 24.8. The predicted octanol–water partition coefficient (Wildman–Crippen LogP) is 4.93. The van der Waals surface area contributed by atoms with Crippen LogP contribution in [0, 0.1) is 47.7 Å². The number of rotatable bonds is 2. The molecule has 4 atom stereocenters. The van der Waals surface area contributed by atoms with Crippen molar-refractivity contribution in [3.8, 4) is 12.1 Å². The zero-order chi connectivity index (χ0) is 22.5. The van der Waals surface area contributed by atoms with Crippen molar-refractivity contribution in [3.63, 3.8) is 0 Å². The SMILES string of the molecule is Cc1ccc([C@H]2[C@H](c3ccccc3F)C(C#N)(C#N)[C@@H]3c4ccccc4C=C[NH+]32)c(C)c1. The third kappa shape index (κ3) is 2.74. The Morgan fingerprint density at radius 3 is 2.25 bits per heavy atom. The summed E-state index contributed by atoms with van der Waals surface area (Å²) in [4.78, 5) is 1.01. The number of nitriles is 2. The van der Waals surface area contributed by atoms with Gasteiger partial charge in [0.2, 0.25) is 5.41 Å². The van der Waals surface area contributed by atoms with E-state index in [0.29, 0.717) is 5.56 Å². The van der Waals surface area contributed by atoms with Crippen molar-refractivity contribution in [2.75, 3.05) is 0 Å². The lowest BCUT2D eigenvalue weighted by Crippen LogP contribution is -3.07. The van der Waals surface area contributed by atoms with Gasteiger partial charge < -0.3 is 0 Å². The number of hydrogen-bond donors (Lipinski definition) is 1. The molecule has 32 heavy (non-hydrogen) atoms. The monoisotopic (exact) mass is 420 g/mol. The first-order valence-electron chi connectivity index (χ1n) is 10.8. The van der Waals surface area contributed by atoms with Crippen LogP contribution in [0.2, 0.25) is 0 Å². The molecule has 1 unspecified atom stereocenters. The van der Waals surface area contributed by atoms with Crippen molar-refractivity contribution in [2.24, 2.45) is 5.41 Å². The normalized spacial score (nSPS) is 24.8. The molecule has 5 rings (SSSR count). The lowest BCUT2D eigenvalue weighted by molar-refractivity contribution is -0.901. The molecule has 3 aromatic carbocycles. The Kier molecular flexibility index (Phi) is 4.70. The van der Waals surface area contributed by atoms with Gasteiger partial charge in [0.05, 0.1) is 24.3 Å². The van der Waals surface area contributed by atoms with Gasteiger partial charge in [-0.2, -0.15) is 10.5 Å². The second-order valence-electron chi connectivity index (χ2n) is 8.82. The lowest BCUT2D eigenvalue weighted by atomic mass is 9.67. The van der Waals surface area contributed by atoms with E-state index in [1.807, 2.05) is 31.2 Å². The number of fused-ring (bicyclic) bond motifs is 3. The summed E-state index contributed by atoms with van der Waals surface area (Å²) in [5.74, 6) is -1.01. The molecule has 4 heteroatoms. The fraction of sp³-hybridized carbons (Fsp3) is 0.214. The Morgan fingerprint density at radius 2 is 1.56 bits per heavy atom. The van der Waals surface area contributed by atoms with Crippen LogP contribution >= 0.6 is 0 Å². The van der Waals surface area contributed by atoms with Crippen LogP contribution in [0.3, 0.4) is 0 Å². The molecule has 0 amide bonds. The lowest BCUT2D eigenvalue weighted by Gasteiger charge is -2.30. The molecule has 3 aromatic rings. The van der Waals surface area contributed by atoms with Gasteiger partial charge in [-0.3, -0.25) is 4.90 Å². The van der Waals surface area contributed by atoms with E-state index in [0.717, 1.165) is 32.7 Å². The number of nitrogens with one attached hydrogen (secondary N) is 1. The predicted molar refractivity (Wildman–Crippen MR) is 121 cm³/mol. The van der Waals surface area contributed by atoms with Gasteiger partial charge in [-0.15, -0.1) is 0 Å². The van der Waals surface area contributed by atoms with E-state index in [2.05, 4.69) is 49.5 Å². The fourth-order valence-electron chi connectivity index (χ4n) is 5.79. The minimum Gasteiger partial charge on any atom is -0.293 e. The Bertz CT molecular complexity index is 1310. The molecule has 0 spiro atoms. The highest BCUT2D eigenvalue weighted by Gasteiger charge is 2.67. The van der Waals surface area contributed by atoms with Gasteiger partial charge >= 0.3 is 0 Å². The maximum absolute atomic E-state index is 15.2. The number of nitrogens with zero attached hydrogens (tertiary/aromatic N) is 2. The summed E-state index contributed by atoms with van der Waals surface area (Å²) in [6.07, 6.45) is 4.11. The van der Waals surface area contributed by atoms with E-state index in [-0.39, 0.29) is 11.9 Å². The van der Waals surface area contributed by atoms with Gasteiger partial charge in [0, 0.05) is 16.7 Å². The molecular formula is C28H23FN3+. The number of aryl methyl sites for hydroxylation is 2. The minimum atomic E-state index is -1.43. The van der Waals surface area contributed by atoms with E-state index in [1.54, 1.807) is 18.2 Å². The van der Waals surface area contributed by atoms with Crippen LogP contribution in [-0.2, 0) is 0 Å². The van der Waals surface area contributed by atoms with Gasteiger partial charge in [-0.25, -0.2) is 4.39 Å². The Labute approximate surface area is 187 Å². The molecule has 1 N–H and O–H groups in total. The molecule has 1 fully saturated rings. The average Bonchev–Trinajstić information content (AvgIpc) is 3.10.